The third kappa shape index (κ3) is 3.45. The molecule has 6 heteroatoms. The maximum absolute atomic E-state index is 12.9. The molecule has 0 aliphatic heterocycles. The number of pyridine rings is 1. The molecule has 0 spiro atoms. The molecule has 0 fully saturated rings. The number of H-pyrrole nitrogens is 1. The van der Waals surface area contributed by atoms with Crippen LogP contribution in [0.3, 0.4) is 0 Å². The number of ketones is 1. The van der Waals surface area contributed by atoms with Gasteiger partial charge >= 0.3 is 0 Å². The molecule has 2 aromatic heterocycles. The fourth-order valence-corrected chi connectivity index (χ4v) is 4.09. The van der Waals surface area contributed by atoms with Crippen LogP contribution in [0.5, 0.6) is 0 Å². The Balaban J connectivity index is 1.46. The first kappa shape index (κ1) is 18.8. The maximum atomic E-state index is 12.9. The average Bonchev–Trinajstić information content (AvgIpc) is 3.16. The SMILES string of the molecule is O=C(Cc1cc2ccccc2cn1)c1ccc2nc(-c3c(Cl)cccc3Cl)[nH]c2c1. The van der Waals surface area contributed by atoms with E-state index in [9.17, 15) is 4.79 Å². The summed E-state index contributed by atoms with van der Waals surface area (Å²) in [5.41, 5.74) is 3.47. The highest BCUT2D eigenvalue weighted by atomic mass is 35.5. The Kier molecular flexibility index (Phi) is 4.74. The summed E-state index contributed by atoms with van der Waals surface area (Å²) in [5, 5.41) is 3.15. The van der Waals surface area contributed by atoms with Gasteiger partial charge in [0.1, 0.15) is 5.82 Å². The predicted molar refractivity (Wildman–Crippen MR) is 121 cm³/mol. The van der Waals surface area contributed by atoms with Crippen LogP contribution in [0.25, 0.3) is 33.2 Å². The minimum atomic E-state index is -0.00777. The molecule has 0 atom stereocenters. The fraction of sp³-hybridized carbons (Fsp3) is 0.0417. The second-order valence-electron chi connectivity index (χ2n) is 7.04. The van der Waals surface area contributed by atoms with Crippen LogP contribution in [0, 0.1) is 0 Å². The second kappa shape index (κ2) is 7.56. The number of fused-ring (bicyclic) bond motifs is 2. The van der Waals surface area contributed by atoms with Crippen molar-refractivity contribution in [1.82, 2.24) is 15.0 Å². The van der Waals surface area contributed by atoms with Gasteiger partial charge in [0.05, 0.1) is 33.1 Å². The number of carbonyl (C=O) groups is 1. The number of aromatic amines is 1. The van der Waals surface area contributed by atoms with Crippen LogP contribution in [0.15, 0.2) is 72.9 Å². The highest BCUT2D eigenvalue weighted by Crippen LogP contribution is 2.34. The zero-order valence-electron chi connectivity index (χ0n) is 15.7. The van der Waals surface area contributed by atoms with E-state index < -0.39 is 0 Å². The number of aromatic nitrogens is 3. The van der Waals surface area contributed by atoms with E-state index in [2.05, 4.69) is 15.0 Å². The van der Waals surface area contributed by atoms with E-state index >= 15 is 0 Å². The molecule has 30 heavy (non-hydrogen) atoms. The number of benzene rings is 3. The van der Waals surface area contributed by atoms with Crippen LogP contribution in [-0.4, -0.2) is 20.7 Å². The maximum Gasteiger partial charge on any atom is 0.168 e. The molecule has 1 N–H and O–H groups in total. The van der Waals surface area contributed by atoms with Crippen molar-refractivity contribution >= 4 is 50.8 Å². The summed E-state index contributed by atoms with van der Waals surface area (Å²) in [5.74, 6) is 0.563. The van der Waals surface area contributed by atoms with E-state index in [-0.39, 0.29) is 12.2 Å². The lowest BCUT2D eigenvalue weighted by atomic mass is 10.0. The molecule has 5 rings (SSSR count). The molecule has 0 aliphatic rings. The summed E-state index contributed by atoms with van der Waals surface area (Å²) < 4.78 is 0. The molecule has 0 radical (unpaired) electrons. The molecule has 4 nitrogen and oxygen atoms in total. The quantitative estimate of drug-likeness (QED) is 0.330. The molecular formula is C24H15Cl2N3O. The molecule has 3 aromatic carbocycles. The lowest BCUT2D eigenvalue weighted by molar-refractivity contribution is 0.0992. The number of nitrogens with zero attached hydrogens (tertiary/aromatic N) is 2. The molecular weight excluding hydrogens is 417 g/mol. The van der Waals surface area contributed by atoms with Crippen molar-refractivity contribution in [2.45, 2.75) is 6.42 Å². The largest absolute Gasteiger partial charge is 0.338 e. The van der Waals surface area contributed by atoms with Gasteiger partial charge in [-0.15, -0.1) is 0 Å². The van der Waals surface area contributed by atoms with Crippen LogP contribution in [0.2, 0.25) is 10.0 Å². The highest BCUT2D eigenvalue weighted by Gasteiger charge is 2.15. The van der Waals surface area contributed by atoms with E-state index in [4.69, 9.17) is 23.2 Å². The minimum absolute atomic E-state index is 0.00777. The van der Waals surface area contributed by atoms with Crippen molar-refractivity contribution in [3.63, 3.8) is 0 Å². The van der Waals surface area contributed by atoms with Gasteiger partial charge in [0, 0.05) is 22.8 Å². The van der Waals surface area contributed by atoms with Gasteiger partial charge in [0.2, 0.25) is 0 Å². The Bertz CT molecular complexity index is 1400. The number of carbonyl (C=O) groups excluding carboxylic acids is 1. The van der Waals surface area contributed by atoms with Gasteiger partial charge in [-0.2, -0.15) is 0 Å². The van der Waals surface area contributed by atoms with E-state index in [0.717, 1.165) is 27.5 Å². The van der Waals surface area contributed by atoms with Crippen molar-refractivity contribution in [1.29, 1.82) is 0 Å². The Morgan fingerprint density at radius 1 is 0.900 bits per heavy atom. The number of Topliss-reactive ketones (excluding diaryl/α,β-unsaturated/α-hetero) is 1. The van der Waals surface area contributed by atoms with Gasteiger partial charge in [-0.3, -0.25) is 9.78 Å². The van der Waals surface area contributed by atoms with Crippen LogP contribution >= 0.6 is 23.2 Å². The molecule has 146 valence electrons. The molecule has 0 saturated carbocycles. The summed E-state index contributed by atoms with van der Waals surface area (Å²) in [7, 11) is 0. The predicted octanol–water partition coefficient (Wildman–Crippen LogP) is 6.51. The summed E-state index contributed by atoms with van der Waals surface area (Å²) >= 11 is 12.6. The molecule has 2 heterocycles. The number of imidazole rings is 1. The van der Waals surface area contributed by atoms with Crippen molar-refractivity contribution in [3.8, 4) is 11.4 Å². The summed E-state index contributed by atoms with van der Waals surface area (Å²) in [6.45, 7) is 0. The van der Waals surface area contributed by atoms with Gasteiger partial charge < -0.3 is 4.98 Å². The molecule has 0 unspecified atom stereocenters. The number of hydrogen-bond acceptors (Lipinski definition) is 3. The zero-order valence-corrected chi connectivity index (χ0v) is 17.2. The summed E-state index contributed by atoms with van der Waals surface area (Å²) in [6, 6.07) is 20.6. The van der Waals surface area contributed by atoms with Crippen LogP contribution in [-0.2, 0) is 6.42 Å². The first-order chi connectivity index (χ1) is 14.6. The monoisotopic (exact) mass is 431 g/mol. The Labute approximate surface area is 182 Å². The van der Waals surface area contributed by atoms with Crippen molar-refractivity contribution in [3.05, 3.63) is 94.2 Å². The lowest BCUT2D eigenvalue weighted by Gasteiger charge is -2.03. The molecule has 0 saturated heterocycles. The van der Waals surface area contributed by atoms with E-state index in [0.29, 0.717) is 27.0 Å². The first-order valence-corrected chi connectivity index (χ1v) is 10.1. The zero-order chi connectivity index (χ0) is 20.7. The van der Waals surface area contributed by atoms with Gasteiger partial charge in [0.15, 0.2) is 5.78 Å². The molecule has 0 amide bonds. The number of rotatable bonds is 4. The van der Waals surface area contributed by atoms with Crippen molar-refractivity contribution < 1.29 is 4.79 Å². The number of nitrogens with one attached hydrogen (secondary N) is 1. The van der Waals surface area contributed by atoms with Gasteiger partial charge in [-0.05, 0) is 41.8 Å². The summed E-state index contributed by atoms with van der Waals surface area (Å²) in [4.78, 5) is 25.1. The van der Waals surface area contributed by atoms with Gasteiger partial charge in [0.25, 0.3) is 0 Å². The van der Waals surface area contributed by atoms with Gasteiger partial charge in [-0.1, -0.05) is 53.5 Å². The van der Waals surface area contributed by atoms with Crippen molar-refractivity contribution in [2.75, 3.05) is 0 Å². The van der Waals surface area contributed by atoms with Crippen molar-refractivity contribution in [2.24, 2.45) is 0 Å². The molecule has 0 aliphatic carbocycles. The first-order valence-electron chi connectivity index (χ1n) is 9.39. The fourth-order valence-electron chi connectivity index (χ4n) is 3.52. The average molecular weight is 432 g/mol. The van der Waals surface area contributed by atoms with Crippen LogP contribution in [0.4, 0.5) is 0 Å². The number of halogens is 2. The third-order valence-electron chi connectivity index (χ3n) is 5.03. The normalized spacial score (nSPS) is 11.3. The minimum Gasteiger partial charge on any atom is -0.338 e. The van der Waals surface area contributed by atoms with Gasteiger partial charge in [-0.25, -0.2) is 4.98 Å². The van der Waals surface area contributed by atoms with E-state index in [1.165, 1.54) is 0 Å². The second-order valence-corrected chi connectivity index (χ2v) is 7.85. The van der Waals surface area contributed by atoms with E-state index in [1.807, 2.05) is 36.4 Å². The Hall–Kier alpha value is -3.21. The smallest absolute Gasteiger partial charge is 0.168 e. The van der Waals surface area contributed by atoms with Crippen LogP contribution in [0.1, 0.15) is 16.1 Å². The highest BCUT2D eigenvalue weighted by molar-refractivity contribution is 6.39. The topological polar surface area (TPSA) is 58.6 Å². The standard InChI is InChI=1S/C24H15Cl2N3O/c25-18-6-3-7-19(26)23(18)24-28-20-9-8-15(11-21(20)29-24)22(30)12-17-10-14-4-1-2-5-16(14)13-27-17/h1-11,13H,12H2,(H,28,29). The lowest BCUT2D eigenvalue weighted by Crippen LogP contribution is -2.05. The third-order valence-corrected chi connectivity index (χ3v) is 5.66. The Morgan fingerprint density at radius 2 is 1.67 bits per heavy atom. The van der Waals surface area contributed by atoms with Crippen LogP contribution < -0.4 is 0 Å². The summed E-state index contributed by atoms with van der Waals surface area (Å²) in [6.07, 6.45) is 2.03. The number of hydrogen-bond donors (Lipinski definition) is 1. The Morgan fingerprint density at radius 3 is 2.47 bits per heavy atom. The molecule has 5 aromatic rings. The molecule has 0 bridgehead atoms. The van der Waals surface area contributed by atoms with E-state index in [1.54, 1.807) is 36.5 Å².